The van der Waals surface area contributed by atoms with Crippen LogP contribution < -0.4 is 0 Å². The van der Waals surface area contributed by atoms with Gasteiger partial charge >= 0.3 is 0 Å². The molecule has 1 aliphatic rings. The lowest BCUT2D eigenvalue weighted by Gasteiger charge is -2.30. The zero-order chi connectivity index (χ0) is 23.2. The van der Waals surface area contributed by atoms with E-state index in [9.17, 15) is 0 Å². The largest absolute Gasteiger partial charge is 0.0622 e. The van der Waals surface area contributed by atoms with Crippen LogP contribution in [0, 0.1) is 6.92 Å². The van der Waals surface area contributed by atoms with Crippen LogP contribution in [0.5, 0.6) is 0 Å². The number of hydrogen-bond donors (Lipinski definition) is 0. The third kappa shape index (κ3) is 5.35. The molecule has 0 heteroatoms. The maximum absolute atomic E-state index is 2.38. The summed E-state index contributed by atoms with van der Waals surface area (Å²) < 4.78 is 0. The van der Waals surface area contributed by atoms with Gasteiger partial charge in [0.25, 0.3) is 0 Å². The van der Waals surface area contributed by atoms with E-state index in [-0.39, 0.29) is 0 Å². The normalized spacial score (nSPS) is 19.6. The Morgan fingerprint density at radius 1 is 0.500 bits per heavy atom. The molecule has 34 heavy (non-hydrogen) atoms. The fraction of sp³-hybridized carbons (Fsp3) is 0.118. The number of rotatable bonds is 4. The molecule has 166 valence electrons. The number of allylic oxidation sites excluding steroid dienone is 3. The molecule has 4 aromatic rings. The third-order valence-electron chi connectivity index (χ3n) is 6.56. The van der Waals surface area contributed by atoms with E-state index in [2.05, 4.69) is 140 Å². The molecule has 0 aromatic heterocycles. The van der Waals surface area contributed by atoms with E-state index in [4.69, 9.17) is 0 Å². The van der Waals surface area contributed by atoms with Crippen molar-refractivity contribution in [3.05, 3.63) is 160 Å². The number of aryl methyl sites for hydroxylation is 1. The topological polar surface area (TPSA) is 0 Å². The summed E-state index contributed by atoms with van der Waals surface area (Å²) >= 11 is 0. The van der Waals surface area contributed by atoms with Crippen molar-refractivity contribution < 1.29 is 0 Å². The second-order valence-electron chi connectivity index (χ2n) is 9.15. The van der Waals surface area contributed by atoms with Crippen molar-refractivity contribution >= 4 is 18.2 Å². The molecule has 0 amide bonds. The highest BCUT2D eigenvalue weighted by atomic mass is 14.3. The SMILES string of the molecule is Cc1ccc(C=C2/C(=C\c3ccccc3)CC(c3ccccc3)C/C2=C\c2ccccc2)cc1. The van der Waals surface area contributed by atoms with Gasteiger partial charge in [-0.25, -0.2) is 0 Å². The molecule has 1 fully saturated rings. The van der Waals surface area contributed by atoms with E-state index in [0.29, 0.717) is 5.92 Å². The van der Waals surface area contributed by atoms with Crippen LogP contribution >= 0.6 is 0 Å². The molecule has 1 unspecified atom stereocenters. The number of hydrogen-bond acceptors (Lipinski definition) is 0. The first-order valence-electron chi connectivity index (χ1n) is 12.1. The molecule has 0 nitrogen and oxygen atoms in total. The van der Waals surface area contributed by atoms with Crippen LogP contribution in [0.15, 0.2) is 132 Å². The van der Waals surface area contributed by atoms with Gasteiger partial charge in [-0.15, -0.1) is 0 Å². The van der Waals surface area contributed by atoms with Gasteiger partial charge in [-0.2, -0.15) is 0 Å². The first kappa shape index (κ1) is 21.9. The molecular weight excluding hydrogens is 408 g/mol. The fourth-order valence-corrected chi connectivity index (χ4v) is 4.78. The van der Waals surface area contributed by atoms with Crippen molar-refractivity contribution in [1.82, 2.24) is 0 Å². The van der Waals surface area contributed by atoms with Crippen LogP contribution in [0.1, 0.15) is 46.6 Å². The summed E-state index contributed by atoms with van der Waals surface area (Å²) in [6.07, 6.45) is 9.21. The minimum atomic E-state index is 0.460. The average molecular weight is 439 g/mol. The zero-order valence-corrected chi connectivity index (χ0v) is 19.7. The smallest absolute Gasteiger partial charge is 0.00806 e. The van der Waals surface area contributed by atoms with Gasteiger partial charge < -0.3 is 0 Å². The molecular formula is C34H30. The van der Waals surface area contributed by atoms with Crippen molar-refractivity contribution in [1.29, 1.82) is 0 Å². The van der Waals surface area contributed by atoms with Crippen molar-refractivity contribution in [2.45, 2.75) is 25.7 Å². The highest BCUT2D eigenvalue weighted by Gasteiger charge is 2.26. The highest BCUT2D eigenvalue weighted by molar-refractivity contribution is 5.77. The summed E-state index contributed by atoms with van der Waals surface area (Å²) in [4.78, 5) is 0. The maximum atomic E-state index is 2.38. The summed E-state index contributed by atoms with van der Waals surface area (Å²) in [5, 5.41) is 0. The van der Waals surface area contributed by atoms with Gasteiger partial charge in [0, 0.05) is 0 Å². The summed E-state index contributed by atoms with van der Waals surface area (Å²) in [5.41, 5.74) is 10.6. The van der Waals surface area contributed by atoms with Crippen LogP contribution in [0.4, 0.5) is 0 Å². The minimum absolute atomic E-state index is 0.460. The standard InChI is InChI=1S/C34H30/c1-26-17-19-29(20-18-26)23-34-32(21-27-11-5-2-6-12-27)24-31(30-15-9-4-10-16-30)25-33(34)22-28-13-7-3-8-14-28/h2-23,31H,24-25H2,1H3/b32-21-,33-22+,34-23?. The van der Waals surface area contributed by atoms with Crippen molar-refractivity contribution in [3.63, 3.8) is 0 Å². The van der Waals surface area contributed by atoms with Crippen LogP contribution in [-0.4, -0.2) is 0 Å². The van der Waals surface area contributed by atoms with Crippen LogP contribution in [-0.2, 0) is 0 Å². The van der Waals surface area contributed by atoms with Gasteiger partial charge in [-0.3, -0.25) is 0 Å². The van der Waals surface area contributed by atoms with Crippen molar-refractivity contribution in [2.24, 2.45) is 0 Å². The molecule has 0 aliphatic heterocycles. The van der Waals surface area contributed by atoms with E-state index >= 15 is 0 Å². The van der Waals surface area contributed by atoms with Gasteiger partial charge in [0.2, 0.25) is 0 Å². The molecule has 5 rings (SSSR count). The van der Waals surface area contributed by atoms with E-state index in [1.165, 1.54) is 44.5 Å². The van der Waals surface area contributed by atoms with Crippen LogP contribution in [0.2, 0.25) is 0 Å². The highest BCUT2D eigenvalue weighted by Crippen LogP contribution is 2.44. The maximum Gasteiger partial charge on any atom is -0.00806 e. The molecule has 0 N–H and O–H groups in total. The van der Waals surface area contributed by atoms with Gasteiger partial charge in [-0.1, -0.05) is 133 Å². The first-order chi connectivity index (χ1) is 16.7. The Morgan fingerprint density at radius 2 is 0.941 bits per heavy atom. The molecule has 0 radical (unpaired) electrons. The summed E-state index contributed by atoms with van der Waals surface area (Å²) in [6.45, 7) is 2.14. The number of benzene rings is 4. The quantitative estimate of drug-likeness (QED) is 0.298. The third-order valence-corrected chi connectivity index (χ3v) is 6.56. The molecule has 1 aliphatic carbocycles. The molecule has 1 saturated carbocycles. The Balaban J connectivity index is 1.66. The van der Waals surface area contributed by atoms with Crippen molar-refractivity contribution in [2.75, 3.05) is 0 Å². The van der Waals surface area contributed by atoms with Gasteiger partial charge in [-0.05, 0) is 70.7 Å². The predicted molar refractivity (Wildman–Crippen MR) is 146 cm³/mol. The summed E-state index contributed by atoms with van der Waals surface area (Å²) in [5.74, 6) is 0.460. The second-order valence-corrected chi connectivity index (χ2v) is 9.15. The van der Waals surface area contributed by atoms with Crippen molar-refractivity contribution in [3.8, 4) is 0 Å². The van der Waals surface area contributed by atoms with E-state index in [1.807, 2.05) is 0 Å². The monoisotopic (exact) mass is 438 g/mol. The Hall–Kier alpha value is -3.90. The second kappa shape index (κ2) is 10.4. The summed E-state index contributed by atoms with van der Waals surface area (Å²) in [6, 6.07) is 41.3. The molecule has 0 bridgehead atoms. The summed E-state index contributed by atoms with van der Waals surface area (Å²) in [7, 11) is 0. The van der Waals surface area contributed by atoms with E-state index < -0.39 is 0 Å². The van der Waals surface area contributed by atoms with E-state index in [1.54, 1.807) is 0 Å². The Labute approximate surface area is 203 Å². The van der Waals surface area contributed by atoms with E-state index in [0.717, 1.165) is 12.8 Å². The zero-order valence-electron chi connectivity index (χ0n) is 19.7. The predicted octanol–water partition coefficient (Wildman–Crippen LogP) is 9.12. The minimum Gasteiger partial charge on any atom is -0.0622 e. The Morgan fingerprint density at radius 3 is 1.44 bits per heavy atom. The van der Waals surface area contributed by atoms with Gasteiger partial charge in [0.05, 0.1) is 0 Å². The van der Waals surface area contributed by atoms with Gasteiger partial charge in [0.1, 0.15) is 0 Å². The Kier molecular flexibility index (Phi) is 6.68. The average Bonchev–Trinajstić information content (AvgIpc) is 2.89. The molecule has 4 aromatic carbocycles. The van der Waals surface area contributed by atoms with Crippen LogP contribution in [0.3, 0.4) is 0 Å². The fourth-order valence-electron chi connectivity index (χ4n) is 4.78. The molecule has 0 saturated heterocycles. The molecule has 0 heterocycles. The first-order valence-corrected chi connectivity index (χ1v) is 12.1. The Bertz CT molecular complexity index is 1240. The molecule has 1 atom stereocenters. The van der Waals surface area contributed by atoms with Crippen LogP contribution in [0.25, 0.3) is 18.2 Å². The van der Waals surface area contributed by atoms with Gasteiger partial charge in [0.15, 0.2) is 0 Å². The lowest BCUT2D eigenvalue weighted by atomic mass is 9.74. The lowest BCUT2D eigenvalue weighted by molar-refractivity contribution is 0.655. The molecule has 0 spiro atoms. The lowest BCUT2D eigenvalue weighted by Crippen LogP contribution is -2.12.